The Morgan fingerprint density at radius 3 is 2.80 bits per heavy atom. The number of fused-ring (bicyclic) bond motifs is 1. The predicted molar refractivity (Wildman–Crippen MR) is 97.0 cm³/mol. The lowest BCUT2D eigenvalue weighted by molar-refractivity contribution is 0.574. The quantitative estimate of drug-likeness (QED) is 0.751. The van der Waals surface area contributed by atoms with E-state index in [2.05, 4.69) is 25.4 Å². The number of hydrogen-bond donors (Lipinski definition) is 3. The van der Waals surface area contributed by atoms with Gasteiger partial charge in [-0.1, -0.05) is 6.08 Å². The lowest BCUT2D eigenvalue weighted by Gasteiger charge is -2.26. The molecule has 0 aliphatic carbocycles. The monoisotopic (exact) mass is 338 g/mol. The van der Waals surface area contributed by atoms with Crippen LogP contribution < -0.4 is 10.2 Å². The second-order valence-corrected chi connectivity index (χ2v) is 6.14. The molecular formula is C18H19FN6. The van der Waals surface area contributed by atoms with E-state index < -0.39 is 5.82 Å². The minimum absolute atomic E-state index is 0.138. The molecule has 1 saturated heterocycles. The van der Waals surface area contributed by atoms with Crippen molar-refractivity contribution in [2.24, 2.45) is 0 Å². The first-order chi connectivity index (χ1) is 12.3. The fourth-order valence-corrected chi connectivity index (χ4v) is 3.28. The average Bonchev–Trinajstić information content (AvgIpc) is 3.07. The largest absolute Gasteiger partial charge is 0.361 e. The van der Waals surface area contributed by atoms with Crippen molar-refractivity contribution in [2.75, 3.05) is 18.0 Å². The topological polar surface area (TPSA) is 80.7 Å². The Bertz CT molecular complexity index is 902. The third-order valence-corrected chi connectivity index (χ3v) is 4.54. The van der Waals surface area contributed by atoms with Gasteiger partial charge in [-0.15, -0.1) is 0 Å². The third kappa shape index (κ3) is 2.82. The molecule has 2 aliphatic heterocycles. The first kappa shape index (κ1) is 15.6. The number of aromatic amines is 1. The van der Waals surface area contributed by atoms with Crippen LogP contribution in [0.3, 0.4) is 0 Å². The highest BCUT2D eigenvalue weighted by molar-refractivity contribution is 6.10. The fraction of sp³-hybridized carbons (Fsp3) is 0.278. The summed E-state index contributed by atoms with van der Waals surface area (Å²) in [6, 6.07) is 1.47. The third-order valence-electron chi connectivity index (χ3n) is 4.54. The Morgan fingerprint density at radius 2 is 2.08 bits per heavy atom. The Kier molecular flexibility index (Phi) is 4.05. The molecule has 0 spiro atoms. The SMILES string of the molecule is N=C/C(=C1/C=CC=CN1)c1nc2[nH]nc(N3CCCCC3)c2cc1F. The van der Waals surface area contributed by atoms with Crippen LogP contribution in [0.25, 0.3) is 16.6 Å². The average molecular weight is 338 g/mol. The van der Waals surface area contributed by atoms with Crippen LogP contribution in [0.2, 0.25) is 0 Å². The van der Waals surface area contributed by atoms with Crippen LogP contribution in [0.1, 0.15) is 25.0 Å². The molecule has 0 radical (unpaired) electrons. The van der Waals surface area contributed by atoms with Crippen molar-refractivity contribution in [1.29, 1.82) is 5.41 Å². The van der Waals surface area contributed by atoms with E-state index in [1.807, 2.05) is 12.2 Å². The number of aromatic nitrogens is 3. The van der Waals surface area contributed by atoms with E-state index in [1.54, 1.807) is 12.3 Å². The highest BCUT2D eigenvalue weighted by Gasteiger charge is 2.20. The molecular weight excluding hydrogens is 319 g/mol. The molecule has 2 aromatic rings. The molecule has 25 heavy (non-hydrogen) atoms. The van der Waals surface area contributed by atoms with Crippen molar-refractivity contribution in [3.8, 4) is 0 Å². The van der Waals surface area contributed by atoms with Crippen LogP contribution in [0, 0.1) is 11.2 Å². The van der Waals surface area contributed by atoms with Crippen LogP contribution >= 0.6 is 0 Å². The lowest BCUT2D eigenvalue weighted by atomic mass is 10.1. The van der Waals surface area contributed by atoms with Gasteiger partial charge in [0.2, 0.25) is 0 Å². The van der Waals surface area contributed by atoms with Gasteiger partial charge in [0.1, 0.15) is 5.69 Å². The molecule has 128 valence electrons. The molecule has 1 fully saturated rings. The number of nitrogens with zero attached hydrogens (tertiary/aromatic N) is 3. The smallest absolute Gasteiger partial charge is 0.160 e. The molecule has 2 aromatic heterocycles. The van der Waals surface area contributed by atoms with Crippen molar-refractivity contribution in [3.05, 3.63) is 47.7 Å². The summed E-state index contributed by atoms with van der Waals surface area (Å²) in [5.41, 5.74) is 1.71. The van der Waals surface area contributed by atoms with E-state index in [1.165, 1.54) is 12.5 Å². The Hall–Kier alpha value is -2.96. The van der Waals surface area contributed by atoms with Gasteiger partial charge in [-0.05, 0) is 37.5 Å². The van der Waals surface area contributed by atoms with Gasteiger partial charge in [-0.2, -0.15) is 5.10 Å². The minimum atomic E-state index is -0.456. The molecule has 0 bridgehead atoms. The normalized spacial score (nSPS) is 19.2. The van der Waals surface area contributed by atoms with Crippen LogP contribution in [0.4, 0.5) is 10.2 Å². The van der Waals surface area contributed by atoms with Gasteiger partial charge in [-0.3, -0.25) is 5.10 Å². The summed E-state index contributed by atoms with van der Waals surface area (Å²) in [7, 11) is 0. The van der Waals surface area contributed by atoms with Gasteiger partial charge in [0, 0.05) is 36.8 Å². The van der Waals surface area contributed by atoms with E-state index in [-0.39, 0.29) is 5.69 Å². The van der Waals surface area contributed by atoms with E-state index in [0.717, 1.165) is 38.0 Å². The molecule has 0 amide bonds. The molecule has 3 N–H and O–H groups in total. The summed E-state index contributed by atoms with van der Waals surface area (Å²) < 4.78 is 14.8. The standard InChI is InChI=1S/C18H19FN6/c19-14-10-12-17(23-24-18(12)25-8-4-1-5-9-25)22-16(14)13(11-20)15-6-2-3-7-21-15/h2-3,6-7,10-11,20-21H,1,4-5,8-9H2,(H,22,23,24)/b15-13+,20-11?. The van der Waals surface area contributed by atoms with Gasteiger partial charge in [-0.25, -0.2) is 9.37 Å². The van der Waals surface area contributed by atoms with Crippen LogP contribution in [-0.4, -0.2) is 34.5 Å². The lowest BCUT2D eigenvalue weighted by Crippen LogP contribution is -2.29. The Morgan fingerprint density at radius 1 is 1.24 bits per heavy atom. The minimum Gasteiger partial charge on any atom is -0.361 e. The summed E-state index contributed by atoms with van der Waals surface area (Å²) in [5, 5.41) is 18.7. The molecule has 4 rings (SSSR count). The van der Waals surface area contributed by atoms with Gasteiger partial charge < -0.3 is 15.6 Å². The molecule has 0 unspecified atom stereocenters. The predicted octanol–water partition coefficient (Wildman–Crippen LogP) is 3.12. The fourth-order valence-electron chi connectivity index (χ4n) is 3.28. The number of allylic oxidation sites excluding steroid dienone is 4. The van der Waals surface area contributed by atoms with E-state index in [4.69, 9.17) is 5.41 Å². The molecule has 0 atom stereocenters. The number of anilines is 1. The van der Waals surface area contributed by atoms with Crippen molar-refractivity contribution >= 4 is 28.6 Å². The molecule has 0 aromatic carbocycles. The second-order valence-electron chi connectivity index (χ2n) is 6.14. The number of rotatable bonds is 3. The number of piperidine rings is 1. The highest BCUT2D eigenvalue weighted by atomic mass is 19.1. The van der Waals surface area contributed by atoms with Crippen LogP contribution in [0.5, 0.6) is 0 Å². The Balaban J connectivity index is 1.79. The molecule has 4 heterocycles. The molecule has 6 nitrogen and oxygen atoms in total. The molecule has 2 aliphatic rings. The number of H-pyrrole nitrogens is 1. The number of halogens is 1. The summed E-state index contributed by atoms with van der Waals surface area (Å²) in [5.74, 6) is 0.304. The van der Waals surface area contributed by atoms with Crippen molar-refractivity contribution in [3.63, 3.8) is 0 Å². The zero-order chi connectivity index (χ0) is 17.2. The number of dihydropyridines is 1. The van der Waals surface area contributed by atoms with Crippen LogP contribution in [0.15, 0.2) is 36.2 Å². The number of nitrogens with one attached hydrogen (secondary N) is 3. The van der Waals surface area contributed by atoms with Crippen LogP contribution in [-0.2, 0) is 0 Å². The van der Waals surface area contributed by atoms with Gasteiger partial charge in [0.05, 0.1) is 5.39 Å². The summed E-state index contributed by atoms with van der Waals surface area (Å²) in [6.07, 6.45) is 11.8. The molecule has 7 heteroatoms. The Labute approximate surface area is 144 Å². The van der Waals surface area contributed by atoms with Gasteiger partial charge >= 0.3 is 0 Å². The zero-order valence-corrected chi connectivity index (χ0v) is 13.7. The summed E-state index contributed by atoms with van der Waals surface area (Å²) >= 11 is 0. The number of pyridine rings is 1. The van der Waals surface area contributed by atoms with E-state index in [0.29, 0.717) is 22.3 Å². The van der Waals surface area contributed by atoms with Crippen molar-refractivity contribution in [1.82, 2.24) is 20.5 Å². The van der Waals surface area contributed by atoms with E-state index >= 15 is 0 Å². The first-order valence-electron chi connectivity index (χ1n) is 8.42. The van der Waals surface area contributed by atoms with Crippen molar-refractivity contribution < 1.29 is 4.39 Å². The van der Waals surface area contributed by atoms with Crippen molar-refractivity contribution in [2.45, 2.75) is 19.3 Å². The maximum Gasteiger partial charge on any atom is 0.160 e. The maximum absolute atomic E-state index is 14.8. The number of hydrogen-bond acceptors (Lipinski definition) is 5. The summed E-state index contributed by atoms with van der Waals surface area (Å²) in [6.45, 7) is 1.86. The second kappa shape index (κ2) is 6.51. The maximum atomic E-state index is 14.8. The summed E-state index contributed by atoms with van der Waals surface area (Å²) in [4.78, 5) is 6.59. The van der Waals surface area contributed by atoms with E-state index in [9.17, 15) is 4.39 Å². The molecule has 0 saturated carbocycles. The van der Waals surface area contributed by atoms with Gasteiger partial charge in [0.25, 0.3) is 0 Å². The van der Waals surface area contributed by atoms with Gasteiger partial charge in [0.15, 0.2) is 17.3 Å². The highest BCUT2D eigenvalue weighted by Crippen LogP contribution is 2.29. The zero-order valence-electron chi connectivity index (χ0n) is 13.7. The first-order valence-corrected chi connectivity index (χ1v) is 8.42.